The Morgan fingerprint density at radius 2 is 1.95 bits per heavy atom. The Hall–Kier alpha value is -2.44. The highest BCUT2D eigenvalue weighted by molar-refractivity contribution is 5.97. The molecule has 1 aromatic heterocycles. The van der Waals surface area contributed by atoms with Crippen LogP contribution in [0.1, 0.15) is 40.6 Å². The Balaban J connectivity index is 1.96. The molecule has 1 atom stereocenters. The average Bonchev–Trinajstić information content (AvgIpc) is 3.00. The van der Waals surface area contributed by atoms with E-state index in [1.54, 1.807) is 11.8 Å². The molecular weight excluding hydrogens is 274 g/mol. The molecular formula is C14H17N3O4. The van der Waals surface area contributed by atoms with Crippen molar-refractivity contribution >= 4 is 17.8 Å². The van der Waals surface area contributed by atoms with Crippen molar-refractivity contribution < 1.29 is 19.5 Å². The maximum absolute atomic E-state index is 12.1. The maximum Gasteiger partial charge on any atom is 0.354 e. The molecule has 1 aliphatic heterocycles. The predicted octanol–water partition coefficient (Wildman–Crippen LogP) is 0.520. The zero-order chi connectivity index (χ0) is 15.4. The Kier molecular flexibility index (Phi) is 4.52. The first-order valence-electron chi connectivity index (χ1n) is 6.78. The van der Waals surface area contributed by atoms with Crippen molar-refractivity contribution in [2.24, 2.45) is 0 Å². The zero-order valence-electron chi connectivity index (χ0n) is 11.7. The van der Waals surface area contributed by atoms with E-state index in [2.05, 4.69) is 10.3 Å². The van der Waals surface area contributed by atoms with Crippen LogP contribution < -0.4 is 5.32 Å². The second-order valence-corrected chi connectivity index (χ2v) is 4.96. The van der Waals surface area contributed by atoms with Gasteiger partial charge in [0.25, 0.3) is 5.91 Å². The molecule has 0 spiro atoms. The maximum atomic E-state index is 12.1. The fourth-order valence-electron chi connectivity index (χ4n) is 2.21. The summed E-state index contributed by atoms with van der Waals surface area (Å²) in [6, 6.07) is 2.01. The lowest BCUT2D eigenvalue weighted by molar-refractivity contribution is -0.131. The van der Waals surface area contributed by atoms with E-state index in [-0.39, 0.29) is 17.2 Å². The summed E-state index contributed by atoms with van der Waals surface area (Å²) in [4.78, 5) is 40.1. The van der Waals surface area contributed by atoms with E-state index in [1.807, 2.05) is 0 Å². The Labute approximate surface area is 122 Å². The molecule has 2 heterocycles. The van der Waals surface area contributed by atoms with Crippen LogP contribution in [0.25, 0.3) is 0 Å². The number of likely N-dealkylation sites (tertiary alicyclic amines) is 1. The van der Waals surface area contributed by atoms with Crippen molar-refractivity contribution in [2.45, 2.75) is 25.8 Å². The van der Waals surface area contributed by atoms with Gasteiger partial charge in [0, 0.05) is 19.3 Å². The molecule has 0 aliphatic carbocycles. The Morgan fingerprint density at radius 3 is 2.48 bits per heavy atom. The van der Waals surface area contributed by atoms with Crippen LogP contribution in [0.4, 0.5) is 0 Å². The number of carbonyl (C=O) groups excluding carboxylic acids is 2. The fraction of sp³-hybridized carbons (Fsp3) is 0.429. The van der Waals surface area contributed by atoms with Gasteiger partial charge in [0.05, 0.1) is 5.56 Å². The number of carboxylic acid groups (broad SMARTS) is 1. The topological polar surface area (TPSA) is 99.6 Å². The minimum absolute atomic E-state index is 0.101. The van der Waals surface area contributed by atoms with E-state index in [4.69, 9.17) is 5.11 Å². The molecule has 0 bridgehead atoms. The Morgan fingerprint density at radius 1 is 1.29 bits per heavy atom. The summed E-state index contributed by atoms with van der Waals surface area (Å²) in [6.07, 6.45) is 3.17. The first-order chi connectivity index (χ1) is 9.99. The standard InChI is InChI=1S/C14H17N3O4/c1-9(13(19)17-6-2-3-7-17)16-12(18)10-4-5-11(14(20)21)15-8-10/h4-5,8-9H,2-3,6-7H2,1H3,(H,16,18)(H,20,21). The first kappa shape index (κ1) is 15.0. The number of aromatic carboxylic acids is 1. The summed E-state index contributed by atoms with van der Waals surface area (Å²) in [7, 11) is 0. The number of nitrogens with zero attached hydrogens (tertiary/aromatic N) is 2. The molecule has 2 amide bonds. The molecule has 0 saturated carbocycles. The Bertz CT molecular complexity index is 550. The number of nitrogens with one attached hydrogen (secondary N) is 1. The molecule has 1 aromatic rings. The molecule has 0 aromatic carbocycles. The van der Waals surface area contributed by atoms with E-state index in [9.17, 15) is 14.4 Å². The minimum atomic E-state index is -1.15. The number of aromatic nitrogens is 1. The lowest BCUT2D eigenvalue weighted by atomic mass is 10.2. The van der Waals surface area contributed by atoms with Gasteiger partial charge in [-0.15, -0.1) is 0 Å². The predicted molar refractivity (Wildman–Crippen MR) is 73.9 cm³/mol. The van der Waals surface area contributed by atoms with Crippen molar-refractivity contribution in [3.8, 4) is 0 Å². The third kappa shape index (κ3) is 3.56. The third-order valence-corrected chi connectivity index (χ3v) is 3.38. The summed E-state index contributed by atoms with van der Waals surface area (Å²) in [5.41, 5.74) is 0.0915. The third-order valence-electron chi connectivity index (χ3n) is 3.38. The lowest BCUT2D eigenvalue weighted by Crippen LogP contribution is -2.45. The van der Waals surface area contributed by atoms with Crippen LogP contribution in [-0.4, -0.2) is 51.9 Å². The van der Waals surface area contributed by atoms with Crippen LogP contribution in [0.3, 0.4) is 0 Å². The number of carbonyl (C=O) groups is 3. The van der Waals surface area contributed by atoms with Gasteiger partial charge >= 0.3 is 5.97 Å². The average molecular weight is 291 g/mol. The van der Waals surface area contributed by atoms with E-state index in [0.717, 1.165) is 25.9 Å². The van der Waals surface area contributed by atoms with Crippen molar-refractivity contribution in [1.82, 2.24) is 15.2 Å². The number of hydrogen-bond donors (Lipinski definition) is 2. The van der Waals surface area contributed by atoms with Gasteiger partial charge in [-0.2, -0.15) is 0 Å². The van der Waals surface area contributed by atoms with Crippen LogP contribution >= 0.6 is 0 Å². The summed E-state index contributed by atoms with van der Waals surface area (Å²) in [5, 5.41) is 11.3. The van der Waals surface area contributed by atoms with Crippen LogP contribution in [0.15, 0.2) is 18.3 Å². The minimum Gasteiger partial charge on any atom is -0.477 e. The normalized spacial score (nSPS) is 15.6. The van der Waals surface area contributed by atoms with E-state index in [0.29, 0.717) is 0 Å². The van der Waals surface area contributed by atoms with E-state index in [1.165, 1.54) is 18.3 Å². The van der Waals surface area contributed by atoms with Crippen LogP contribution in [0, 0.1) is 0 Å². The van der Waals surface area contributed by atoms with Crippen LogP contribution in [0.2, 0.25) is 0 Å². The summed E-state index contributed by atoms with van der Waals surface area (Å²) < 4.78 is 0. The van der Waals surface area contributed by atoms with Gasteiger partial charge in [-0.25, -0.2) is 9.78 Å². The highest BCUT2D eigenvalue weighted by atomic mass is 16.4. The van der Waals surface area contributed by atoms with E-state index < -0.39 is 17.9 Å². The summed E-state index contributed by atoms with van der Waals surface area (Å²) in [5.74, 6) is -1.70. The molecule has 112 valence electrons. The van der Waals surface area contributed by atoms with Gasteiger partial charge in [-0.1, -0.05) is 0 Å². The highest BCUT2D eigenvalue weighted by Crippen LogP contribution is 2.09. The molecule has 7 heteroatoms. The SMILES string of the molecule is CC(NC(=O)c1ccc(C(=O)O)nc1)C(=O)N1CCCC1. The molecule has 1 unspecified atom stereocenters. The van der Waals surface area contributed by atoms with Crippen LogP contribution in [0.5, 0.6) is 0 Å². The quantitative estimate of drug-likeness (QED) is 0.842. The van der Waals surface area contributed by atoms with Crippen molar-refractivity contribution in [1.29, 1.82) is 0 Å². The number of pyridine rings is 1. The van der Waals surface area contributed by atoms with Crippen molar-refractivity contribution in [3.05, 3.63) is 29.6 Å². The second-order valence-electron chi connectivity index (χ2n) is 4.96. The van der Waals surface area contributed by atoms with Gasteiger partial charge < -0.3 is 15.3 Å². The number of rotatable bonds is 4. The van der Waals surface area contributed by atoms with Gasteiger partial charge in [-0.05, 0) is 31.9 Å². The van der Waals surface area contributed by atoms with Crippen molar-refractivity contribution in [3.63, 3.8) is 0 Å². The zero-order valence-corrected chi connectivity index (χ0v) is 11.7. The van der Waals surface area contributed by atoms with Gasteiger partial charge in [0.1, 0.15) is 11.7 Å². The molecule has 1 saturated heterocycles. The smallest absolute Gasteiger partial charge is 0.354 e. The molecule has 2 N–H and O–H groups in total. The number of carboxylic acids is 1. The first-order valence-corrected chi connectivity index (χ1v) is 6.78. The van der Waals surface area contributed by atoms with Gasteiger partial charge in [0.15, 0.2) is 0 Å². The molecule has 7 nitrogen and oxygen atoms in total. The number of amides is 2. The molecule has 1 fully saturated rings. The van der Waals surface area contributed by atoms with Crippen molar-refractivity contribution in [2.75, 3.05) is 13.1 Å². The molecule has 21 heavy (non-hydrogen) atoms. The van der Waals surface area contributed by atoms with Crippen LogP contribution in [-0.2, 0) is 4.79 Å². The molecule has 2 rings (SSSR count). The monoisotopic (exact) mass is 291 g/mol. The van der Waals surface area contributed by atoms with E-state index >= 15 is 0 Å². The molecule has 0 radical (unpaired) electrons. The fourth-order valence-corrected chi connectivity index (χ4v) is 2.21. The van der Waals surface area contributed by atoms with Gasteiger partial charge in [0.2, 0.25) is 5.91 Å². The lowest BCUT2D eigenvalue weighted by Gasteiger charge is -2.21. The number of hydrogen-bond acceptors (Lipinski definition) is 4. The molecule has 1 aliphatic rings. The largest absolute Gasteiger partial charge is 0.477 e. The van der Waals surface area contributed by atoms with Gasteiger partial charge in [-0.3, -0.25) is 9.59 Å². The summed E-state index contributed by atoms with van der Waals surface area (Å²) in [6.45, 7) is 3.10. The second kappa shape index (κ2) is 6.34. The summed E-state index contributed by atoms with van der Waals surface area (Å²) >= 11 is 0. The highest BCUT2D eigenvalue weighted by Gasteiger charge is 2.24.